The van der Waals surface area contributed by atoms with Crippen LogP contribution in [0, 0.1) is 13.8 Å². The van der Waals surface area contributed by atoms with Crippen molar-refractivity contribution in [1.82, 2.24) is 4.98 Å². The number of halogens is 1. The van der Waals surface area contributed by atoms with Gasteiger partial charge in [0.25, 0.3) is 0 Å². The van der Waals surface area contributed by atoms with Crippen molar-refractivity contribution in [2.45, 2.75) is 25.6 Å². The Hall–Kier alpha value is -1.34. The maximum Gasteiger partial charge on any atom is 0.0630 e. The van der Waals surface area contributed by atoms with Gasteiger partial charge in [-0.2, -0.15) is 0 Å². The fourth-order valence-corrected chi connectivity index (χ4v) is 2.67. The zero-order chi connectivity index (χ0) is 12.3. The second kappa shape index (κ2) is 5.33. The van der Waals surface area contributed by atoms with Gasteiger partial charge >= 0.3 is 0 Å². The number of pyridine rings is 1. The molecule has 0 saturated carbocycles. The predicted octanol–water partition coefficient (Wildman–Crippen LogP) is 4.22. The molecule has 1 aromatic heterocycles. The predicted molar refractivity (Wildman–Crippen MR) is 72.5 cm³/mol. The Balaban J connectivity index is 2.23. The molecule has 1 aromatic carbocycles. The molecule has 0 N–H and O–H groups in total. The van der Waals surface area contributed by atoms with Crippen LogP contribution in [0.2, 0.25) is 0 Å². The number of benzene rings is 1. The highest BCUT2D eigenvalue weighted by molar-refractivity contribution is 6.21. The number of aromatic nitrogens is 1. The van der Waals surface area contributed by atoms with Crippen molar-refractivity contribution in [1.29, 1.82) is 0 Å². The summed E-state index contributed by atoms with van der Waals surface area (Å²) in [5.41, 5.74) is 5.01. The molecular weight excluding hydrogens is 230 g/mol. The van der Waals surface area contributed by atoms with E-state index < -0.39 is 0 Å². The van der Waals surface area contributed by atoms with Crippen LogP contribution < -0.4 is 0 Å². The molecule has 1 heterocycles. The van der Waals surface area contributed by atoms with Crippen LogP contribution in [0.1, 0.15) is 27.6 Å². The first-order chi connectivity index (χ1) is 8.18. The van der Waals surface area contributed by atoms with E-state index in [1.165, 1.54) is 22.3 Å². The van der Waals surface area contributed by atoms with Crippen LogP contribution in [0.25, 0.3) is 0 Å². The molecule has 0 saturated heterocycles. The maximum absolute atomic E-state index is 6.53. The Bertz CT molecular complexity index is 473. The first-order valence-electron chi connectivity index (χ1n) is 5.77. The molecule has 2 aromatic rings. The van der Waals surface area contributed by atoms with Gasteiger partial charge in [0, 0.05) is 12.4 Å². The fourth-order valence-electron chi connectivity index (χ4n) is 2.15. The molecule has 0 spiro atoms. The minimum Gasteiger partial charge on any atom is -0.265 e. The molecular formula is C15H16ClN. The second-order valence-corrected chi connectivity index (χ2v) is 4.86. The third kappa shape index (κ3) is 2.86. The van der Waals surface area contributed by atoms with Crippen molar-refractivity contribution in [3.05, 3.63) is 65.0 Å². The summed E-state index contributed by atoms with van der Waals surface area (Å²) < 4.78 is 0. The highest BCUT2D eigenvalue weighted by Crippen LogP contribution is 2.30. The summed E-state index contributed by atoms with van der Waals surface area (Å²) in [4.78, 5) is 4.02. The maximum atomic E-state index is 6.53. The molecule has 0 aliphatic carbocycles. The van der Waals surface area contributed by atoms with Crippen molar-refractivity contribution in [3.63, 3.8) is 0 Å². The Morgan fingerprint density at radius 3 is 2.24 bits per heavy atom. The van der Waals surface area contributed by atoms with E-state index in [9.17, 15) is 0 Å². The minimum atomic E-state index is 0.0265. The van der Waals surface area contributed by atoms with Gasteiger partial charge in [-0.15, -0.1) is 11.6 Å². The highest BCUT2D eigenvalue weighted by Gasteiger charge is 2.13. The average Bonchev–Trinajstić information content (AvgIpc) is 2.30. The summed E-state index contributed by atoms with van der Waals surface area (Å²) in [5, 5.41) is 0.0265. The summed E-state index contributed by atoms with van der Waals surface area (Å²) in [6.07, 6.45) is 4.46. The summed E-state index contributed by atoms with van der Waals surface area (Å²) in [7, 11) is 0. The van der Waals surface area contributed by atoms with Gasteiger partial charge in [0.1, 0.15) is 0 Å². The lowest BCUT2D eigenvalue weighted by Gasteiger charge is -2.15. The summed E-state index contributed by atoms with van der Waals surface area (Å²) in [6, 6.07) is 10.3. The Morgan fingerprint density at radius 1 is 1.06 bits per heavy atom. The lowest BCUT2D eigenvalue weighted by Crippen LogP contribution is -2.01. The summed E-state index contributed by atoms with van der Waals surface area (Å²) in [5.74, 6) is 0. The number of aryl methyl sites for hydroxylation is 2. The second-order valence-electron chi connectivity index (χ2n) is 4.33. The van der Waals surface area contributed by atoms with E-state index in [-0.39, 0.29) is 5.38 Å². The molecule has 0 bridgehead atoms. The summed E-state index contributed by atoms with van der Waals surface area (Å²) in [6.45, 7) is 4.23. The normalized spacial score (nSPS) is 12.4. The topological polar surface area (TPSA) is 12.9 Å². The van der Waals surface area contributed by atoms with Crippen LogP contribution in [-0.2, 0) is 6.42 Å². The van der Waals surface area contributed by atoms with Gasteiger partial charge in [0.2, 0.25) is 0 Å². The molecule has 0 fully saturated rings. The standard InChI is InChI=1S/C15H16ClN/c1-11-4-3-5-12(2)15(11)14(16)10-13-6-8-17-9-7-13/h3-9,14H,10H2,1-2H3. The van der Waals surface area contributed by atoms with Crippen molar-refractivity contribution in [3.8, 4) is 0 Å². The highest BCUT2D eigenvalue weighted by atomic mass is 35.5. The van der Waals surface area contributed by atoms with Crippen molar-refractivity contribution >= 4 is 11.6 Å². The molecule has 0 radical (unpaired) electrons. The zero-order valence-electron chi connectivity index (χ0n) is 10.2. The summed E-state index contributed by atoms with van der Waals surface area (Å²) >= 11 is 6.53. The quantitative estimate of drug-likeness (QED) is 0.738. The van der Waals surface area contributed by atoms with Crippen molar-refractivity contribution in [2.24, 2.45) is 0 Å². The van der Waals surface area contributed by atoms with Crippen LogP contribution in [0.5, 0.6) is 0 Å². The molecule has 88 valence electrons. The molecule has 2 heteroatoms. The van der Waals surface area contributed by atoms with E-state index in [0.29, 0.717) is 0 Å². The van der Waals surface area contributed by atoms with Crippen molar-refractivity contribution < 1.29 is 0 Å². The largest absolute Gasteiger partial charge is 0.265 e. The number of hydrogen-bond acceptors (Lipinski definition) is 1. The van der Waals surface area contributed by atoms with E-state index in [2.05, 4.69) is 37.0 Å². The smallest absolute Gasteiger partial charge is 0.0630 e. The SMILES string of the molecule is Cc1cccc(C)c1C(Cl)Cc1ccncc1. The van der Waals surface area contributed by atoms with Crippen LogP contribution in [-0.4, -0.2) is 4.98 Å². The molecule has 1 nitrogen and oxygen atoms in total. The molecule has 0 amide bonds. The van der Waals surface area contributed by atoms with Crippen molar-refractivity contribution in [2.75, 3.05) is 0 Å². The minimum absolute atomic E-state index is 0.0265. The molecule has 2 rings (SSSR count). The third-order valence-corrected chi connectivity index (χ3v) is 3.39. The Labute approximate surface area is 107 Å². The number of hydrogen-bond donors (Lipinski definition) is 0. The Morgan fingerprint density at radius 2 is 1.65 bits per heavy atom. The van der Waals surface area contributed by atoms with E-state index in [1.807, 2.05) is 24.5 Å². The first kappa shape index (κ1) is 12.1. The monoisotopic (exact) mass is 245 g/mol. The molecule has 17 heavy (non-hydrogen) atoms. The lowest BCUT2D eigenvalue weighted by atomic mass is 9.96. The van der Waals surface area contributed by atoms with E-state index >= 15 is 0 Å². The van der Waals surface area contributed by atoms with Crippen LogP contribution in [0.15, 0.2) is 42.7 Å². The molecule has 0 aliphatic heterocycles. The van der Waals surface area contributed by atoms with Gasteiger partial charge in [-0.3, -0.25) is 4.98 Å². The lowest BCUT2D eigenvalue weighted by molar-refractivity contribution is 0.897. The third-order valence-electron chi connectivity index (χ3n) is 3.02. The van der Waals surface area contributed by atoms with Crippen LogP contribution >= 0.6 is 11.6 Å². The van der Waals surface area contributed by atoms with Crippen LogP contribution in [0.3, 0.4) is 0 Å². The van der Waals surface area contributed by atoms with Gasteiger partial charge < -0.3 is 0 Å². The van der Waals surface area contributed by atoms with E-state index in [4.69, 9.17) is 11.6 Å². The van der Waals surface area contributed by atoms with Gasteiger partial charge in [-0.1, -0.05) is 18.2 Å². The number of rotatable bonds is 3. The first-order valence-corrected chi connectivity index (χ1v) is 6.21. The zero-order valence-corrected chi connectivity index (χ0v) is 10.9. The van der Waals surface area contributed by atoms with Crippen LogP contribution in [0.4, 0.5) is 0 Å². The number of alkyl halides is 1. The van der Waals surface area contributed by atoms with Gasteiger partial charge in [0.15, 0.2) is 0 Å². The average molecular weight is 246 g/mol. The van der Waals surface area contributed by atoms with E-state index in [1.54, 1.807) is 0 Å². The fraction of sp³-hybridized carbons (Fsp3) is 0.267. The molecule has 0 aliphatic rings. The molecule has 1 unspecified atom stereocenters. The van der Waals surface area contributed by atoms with Gasteiger partial charge in [0.05, 0.1) is 5.38 Å². The van der Waals surface area contributed by atoms with Gasteiger partial charge in [-0.05, 0) is 54.7 Å². The number of nitrogens with zero attached hydrogens (tertiary/aromatic N) is 1. The Kier molecular flexibility index (Phi) is 3.80. The van der Waals surface area contributed by atoms with E-state index in [0.717, 1.165) is 6.42 Å². The molecule has 1 atom stereocenters. The van der Waals surface area contributed by atoms with Gasteiger partial charge in [-0.25, -0.2) is 0 Å².